The maximum absolute atomic E-state index is 6.48. The van der Waals surface area contributed by atoms with Gasteiger partial charge in [-0.15, -0.1) is 12.1 Å². The third-order valence-electron chi connectivity index (χ3n) is 8.71. The van der Waals surface area contributed by atoms with Gasteiger partial charge in [0.25, 0.3) is 0 Å². The Morgan fingerprint density at radius 1 is 0.542 bits per heavy atom. The number of rotatable bonds is 4. The largest absolute Gasteiger partial charge is 2.00 e. The molecule has 10 rings (SSSR count). The summed E-state index contributed by atoms with van der Waals surface area (Å²) in [6.07, 6.45) is 7.37. The molecule has 8 heteroatoms. The van der Waals surface area contributed by atoms with Gasteiger partial charge in [0, 0.05) is 47.4 Å². The Morgan fingerprint density at radius 2 is 1.21 bits per heavy atom. The van der Waals surface area contributed by atoms with Gasteiger partial charge in [-0.1, -0.05) is 113 Å². The van der Waals surface area contributed by atoms with Crippen molar-refractivity contribution in [1.82, 2.24) is 28.7 Å². The number of aromatic nitrogens is 6. The molecule has 48 heavy (non-hydrogen) atoms. The number of ether oxygens (including phenoxy) is 1. The van der Waals surface area contributed by atoms with E-state index in [0.717, 1.165) is 77.4 Å². The molecule has 10 aromatic rings. The molecular formula is C40H22N6OPt. The molecule has 0 atom stereocenters. The molecule has 0 unspecified atom stereocenters. The topological polar surface area (TPSA) is 69.6 Å². The van der Waals surface area contributed by atoms with E-state index in [1.165, 1.54) is 0 Å². The summed E-state index contributed by atoms with van der Waals surface area (Å²) < 4.78 is 10.7. The third-order valence-corrected chi connectivity index (χ3v) is 8.71. The van der Waals surface area contributed by atoms with Crippen LogP contribution in [0.1, 0.15) is 0 Å². The van der Waals surface area contributed by atoms with Crippen LogP contribution in [0.4, 0.5) is 0 Å². The van der Waals surface area contributed by atoms with Crippen molar-refractivity contribution in [2.24, 2.45) is 0 Å². The molecule has 6 heterocycles. The molecule has 0 bridgehead atoms. The van der Waals surface area contributed by atoms with Crippen LogP contribution in [0.25, 0.3) is 77.4 Å². The molecule has 0 fully saturated rings. The van der Waals surface area contributed by atoms with Crippen molar-refractivity contribution < 1.29 is 25.8 Å². The van der Waals surface area contributed by atoms with E-state index in [9.17, 15) is 0 Å². The minimum Gasteiger partial charge on any atom is -0.497 e. The number of pyridine rings is 4. The number of benzene rings is 4. The normalized spacial score (nSPS) is 11.6. The van der Waals surface area contributed by atoms with Gasteiger partial charge in [-0.05, 0) is 23.6 Å². The zero-order chi connectivity index (χ0) is 30.9. The Balaban J connectivity index is 0.00000314. The molecule has 0 radical (unpaired) electrons. The summed E-state index contributed by atoms with van der Waals surface area (Å²) in [7, 11) is 0. The summed E-state index contributed by atoms with van der Waals surface area (Å²) in [5.41, 5.74) is 8.20. The average Bonchev–Trinajstić information content (AvgIpc) is 3.80. The van der Waals surface area contributed by atoms with E-state index >= 15 is 0 Å². The molecule has 0 spiro atoms. The van der Waals surface area contributed by atoms with Gasteiger partial charge in [0.2, 0.25) is 0 Å². The maximum Gasteiger partial charge on any atom is 2.00 e. The molecule has 0 N–H and O–H groups in total. The van der Waals surface area contributed by atoms with E-state index < -0.39 is 0 Å². The van der Waals surface area contributed by atoms with Crippen molar-refractivity contribution in [2.45, 2.75) is 0 Å². The molecule has 0 aliphatic heterocycles. The van der Waals surface area contributed by atoms with Crippen LogP contribution >= 0.6 is 0 Å². The number of hydrogen-bond acceptors (Lipinski definition) is 5. The molecule has 4 aromatic carbocycles. The van der Waals surface area contributed by atoms with Crippen LogP contribution in [-0.4, -0.2) is 28.7 Å². The minimum atomic E-state index is 0. The first-order valence-electron chi connectivity index (χ1n) is 15.3. The van der Waals surface area contributed by atoms with Crippen LogP contribution in [0.3, 0.4) is 0 Å². The van der Waals surface area contributed by atoms with Crippen molar-refractivity contribution in [3.63, 3.8) is 0 Å². The molecule has 0 aliphatic carbocycles. The van der Waals surface area contributed by atoms with Crippen molar-refractivity contribution >= 4 is 54.9 Å². The second-order valence-corrected chi connectivity index (χ2v) is 11.4. The van der Waals surface area contributed by atoms with E-state index in [1.807, 2.05) is 77.5 Å². The van der Waals surface area contributed by atoms with Crippen LogP contribution in [0, 0.1) is 12.1 Å². The molecule has 0 amide bonds. The third kappa shape index (κ3) is 4.25. The van der Waals surface area contributed by atoms with Crippen LogP contribution in [0.5, 0.6) is 11.5 Å². The van der Waals surface area contributed by atoms with Gasteiger partial charge in [0.1, 0.15) is 5.65 Å². The predicted octanol–water partition coefficient (Wildman–Crippen LogP) is 9.11. The van der Waals surface area contributed by atoms with Gasteiger partial charge in [0.05, 0.1) is 33.7 Å². The van der Waals surface area contributed by atoms with Crippen molar-refractivity contribution in [2.75, 3.05) is 0 Å². The monoisotopic (exact) mass is 797 g/mol. The summed E-state index contributed by atoms with van der Waals surface area (Å²) >= 11 is 0. The standard InChI is InChI=1S/C40H22N6O.Pt/c1-3-9-25(10-4-1)35-37(26-11-5-2-6-12-26)46-39-31(13-7-20-42-39)29-17-15-27(23-32(29)40(46)44-35)47-28-16-18-30-33(24-28)38-43-21-22-45(38)34-14-8-19-41-36(30)34;/h1-22H;/q-2;+2. The molecular weight excluding hydrogens is 776 g/mol. The number of imidazole rings is 2. The second-order valence-electron chi connectivity index (χ2n) is 11.4. The van der Waals surface area contributed by atoms with Crippen molar-refractivity contribution in [3.05, 3.63) is 146 Å². The molecule has 6 aromatic heterocycles. The summed E-state index contributed by atoms with van der Waals surface area (Å²) in [6.45, 7) is 0. The van der Waals surface area contributed by atoms with Gasteiger partial charge in [-0.25, -0.2) is 4.98 Å². The van der Waals surface area contributed by atoms with E-state index in [0.29, 0.717) is 11.5 Å². The summed E-state index contributed by atoms with van der Waals surface area (Å²) in [5, 5.41) is 4.65. The quantitative estimate of drug-likeness (QED) is 0.131. The van der Waals surface area contributed by atoms with Crippen molar-refractivity contribution in [1.29, 1.82) is 0 Å². The molecule has 7 nitrogen and oxygen atoms in total. The smallest absolute Gasteiger partial charge is 0.497 e. The fourth-order valence-electron chi connectivity index (χ4n) is 6.68. The summed E-state index contributed by atoms with van der Waals surface area (Å²) in [6, 6.07) is 43.7. The van der Waals surface area contributed by atoms with E-state index in [1.54, 1.807) is 12.4 Å². The first-order chi connectivity index (χ1) is 23.3. The minimum absolute atomic E-state index is 0. The Kier molecular flexibility index (Phi) is 6.56. The molecule has 0 saturated carbocycles. The number of hydrogen-bond donors (Lipinski definition) is 0. The molecule has 228 valence electrons. The number of fused-ring (bicyclic) bond motifs is 12. The fourth-order valence-corrected chi connectivity index (χ4v) is 6.68. The zero-order valence-electron chi connectivity index (χ0n) is 25.1. The maximum atomic E-state index is 6.48. The van der Waals surface area contributed by atoms with Crippen molar-refractivity contribution in [3.8, 4) is 34.0 Å². The second kappa shape index (κ2) is 11.1. The average molecular weight is 798 g/mol. The summed E-state index contributed by atoms with van der Waals surface area (Å²) in [4.78, 5) is 19.5. The van der Waals surface area contributed by atoms with Gasteiger partial charge in [-0.2, -0.15) is 0 Å². The van der Waals surface area contributed by atoms with Gasteiger partial charge >= 0.3 is 21.1 Å². The first kappa shape index (κ1) is 28.3. The summed E-state index contributed by atoms with van der Waals surface area (Å²) in [5.74, 6) is 1.12. The van der Waals surface area contributed by atoms with Gasteiger partial charge in [-0.3, -0.25) is 15.0 Å². The van der Waals surface area contributed by atoms with Crippen LogP contribution in [0.2, 0.25) is 0 Å². The predicted molar refractivity (Wildman–Crippen MR) is 185 cm³/mol. The van der Waals surface area contributed by atoms with Crippen LogP contribution in [0.15, 0.2) is 134 Å². The SMILES string of the molecule is [Pt+2].[c-]1c(Oc2[c-]c3c(cc2)c2cccnc2n2c(-c4ccccc4)c(-c4ccccc4)nc32)ccc2c1c1nccn1c1cccnc21. The molecule has 0 aliphatic rings. The van der Waals surface area contributed by atoms with E-state index in [2.05, 4.69) is 75.0 Å². The van der Waals surface area contributed by atoms with Crippen LogP contribution in [-0.2, 0) is 21.1 Å². The van der Waals surface area contributed by atoms with Gasteiger partial charge in [0.15, 0.2) is 0 Å². The Bertz CT molecular complexity index is 2830. The first-order valence-corrected chi connectivity index (χ1v) is 15.3. The molecule has 0 saturated heterocycles. The Hall–Kier alpha value is -5.91. The van der Waals surface area contributed by atoms with E-state index in [4.69, 9.17) is 14.7 Å². The fraction of sp³-hybridized carbons (Fsp3) is 0. The van der Waals surface area contributed by atoms with Crippen LogP contribution < -0.4 is 4.74 Å². The Morgan fingerprint density at radius 3 is 2.00 bits per heavy atom. The van der Waals surface area contributed by atoms with E-state index in [-0.39, 0.29) is 21.1 Å². The Labute approximate surface area is 288 Å². The number of nitrogens with zero attached hydrogens (tertiary/aromatic N) is 6. The van der Waals surface area contributed by atoms with Gasteiger partial charge < -0.3 is 13.5 Å². The zero-order valence-corrected chi connectivity index (χ0v) is 27.4.